The van der Waals surface area contributed by atoms with Crippen molar-refractivity contribution in [2.45, 2.75) is 39.8 Å². The van der Waals surface area contributed by atoms with Crippen LogP contribution in [0.3, 0.4) is 0 Å². The van der Waals surface area contributed by atoms with Crippen molar-refractivity contribution in [3.63, 3.8) is 0 Å². The van der Waals surface area contributed by atoms with Gasteiger partial charge in [-0.05, 0) is 50.9 Å². The summed E-state index contributed by atoms with van der Waals surface area (Å²) in [4.78, 5) is 0. The lowest BCUT2D eigenvalue weighted by Gasteiger charge is -2.19. The molecule has 1 aromatic carbocycles. The van der Waals surface area contributed by atoms with E-state index < -0.39 is 0 Å². The highest BCUT2D eigenvalue weighted by Gasteiger charge is 2.13. The van der Waals surface area contributed by atoms with E-state index in [4.69, 9.17) is 0 Å². The Morgan fingerprint density at radius 2 is 2.11 bits per heavy atom. The zero-order valence-corrected chi connectivity index (χ0v) is 12.3. The number of aromatic nitrogens is 2. The maximum Gasteiger partial charge on any atom is 0.0522 e. The first-order valence-electron chi connectivity index (χ1n) is 6.89. The number of hydrogen-bond donors (Lipinski definition) is 1. The second-order valence-corrected chi connectivity index (χ2v) is 5.11. The lowest BCUT2D eigenvalue weighted by atomic mass is 9.95. The van der Waals surface area contributed by atoms with Gasteiger partial charge in [0.05, 0.1) is 6.20 Å². The van der Waals surface area contributed by atoms with Gasteiger partial charge in [0.25, 0.3) is 0 Å². The number of rotatable bonds is 5. The molecular formula is C16H23N3. The van der Waals surface area contributed by atoms with Gasteiger partial charge in [-0.1, -0.05) is 23.8 Å². The van der Waals surface area contributed by atoms with E-state index >= 15 is 0 Å². The maximum atomic E-state index is 4.34. The van der Waals surface area contributed by atoms with Crippen LogP contribution >= 0.6 is 0 Å². The highest BCUT2D eigenvalue weighted by Crippen LogP contribution is 2.22. The average molecular weight is 257 g/mol. The second kappa shape index (κ2) is 6.02. The number of hydrogen-bond acceptors (Lipinski definition) is 2. The van der Waals surface area contributed by atoms with E-state index in [0.717, 1.165) is 13.0 Å². The van der Waals surface area contributed by atoms with Gasteiger partial charge in [0.15, 0.2) is 0 Å². The fourth-order valence-electron chi connectivity index (χ4n) is 2.42. The Hall–Kier alpha value is -1.61. The summed E-state index contributed by atoms with van der Waals surface area (Å²) in [6.45, 7) is 7.35. The first-order chi connectivity index (χ1) is 9.13. The van der Waals surface area contributed by atoms with Crippen molar-refractivity contribution in [1.29, 1.82) is 0 Å². The van der Waals surface area contributed by atoms with Gasteiger partial charge in [-0.3, -0.25) is 4.68 Å². The third-order valence-electron chi connectivity index (χ3n) is 3.61. The molecule has 0 aliphatic heterocycles. The minimum absolute atomic E-state index is 0.342. The first kappa shape index (κ1) is 13.8. The standard InChI is InChI=1S/C16H23N3/c1-5-19-11-14(10-18-19)9-16(17-4)15-8-12(2)6-7-13(15)3/h6-8,10-11,16-17H,5,9H2,1-4H3. The molecule has 2 rings (SSSR count). The Kier molecular flexibility index (Phi) is 4.38. The first-order valence-corrected chi connectivity index (χ1v) is 6.89. The van der Waals surface area contributed by atoms with Gasteiger partial charge in [0, 0.05) is 18.8 Å². The molecule has 0 aliphatic rings. The molecule has 19 heavy (non-hydrogen) atoms. The molecule has 1 atom stereocenters. The predicted molar refractivity (Wildman–Crippen MR) is 79.3 cm³/mol. The Morgan fingerprint density at radius 1 is 1.32 bits per heavy atom. The van der Waals surface area contributed by atoms with Gasteiger partial charge in [0.1, 0.15) is 0 Å². The van der Waals surface area contributed by atoms with Gasteiger partial charge in [0.2, 0.25) is 0 Å². The molecule has 1 heterocycles. The van der Waals surface area contributed by atoms with Crippen molar-refractivity contribution in [3.8, 4) is 0 Å². The summed E-state index contributed by atoms with van der Waals surface area (Å²) in [5.74, 6) is 0. The molecule has 0 fully saturated rings. The molecule has 0 saturated carbocycles. The van der Waals surface area contributed by atoms with Crippen LogP contribution in [0.25, 0.3) is 0 Å². The molecule has 102 valence electrons. The van der Waals surface area contributed by atoms with E-state index in [0.29, 0.717) is 6.04 Å². The van der Waals surface area contributed by atoms with E-state index in [1.807, 2.05) is 17.9 Å². The maximum absolute atomic E-state index is 4.34. The zero-order chi connectivity index (χ0) is 13.8. The van der Waals surface area contributed by atoms with Crippen molar-refractivity contribution in [2.24, 2.45) is 0 Å². The quantitative estimate of drug-likeness (QED) is 0.892. The van der Waals surface area contributed by atoms with Gasteiger partial charge in [-0.2, -0.15) is 5.10 Å². The van der Waals surface area contributed by atoms with E-state index in [2.05, 4.69) is 55.6 Å². The summed E-state index contributed by atoms with van der Waals surface area (Å²) >= 11 is 0. The highest BCUT2D eigenvalue weighted by molar-refractivity contribution is 5.34. The van der Waals surface area contributed by atoms with Crippen LogP contribution in [0.1, 0.15) is 35.2 Å². The van der Waals surface area contributed by atoms with Gasteiger partial charge in [-0.25, -0.2) is 0 Å². The van der Waals surface area contributed by atoms with E-state index in [9.17, 15) is 0 Å². The van der Waals surface area contributed by atoms with Crippen LogP contribution in [0, 0.1) is 13.8 Å². The monoisotopic (exact) mass is 257 g/mol. The number of nitrogens with one attached hydrogen (secondary N) is 1. The number of benzene rings is 1. The van der Waals surface area contributed by atoms with Crippen LogP contribution < -0.4 is 5.32 Å². The smallest absolute Gasteiger partial charge is 0.0522 e. The predicted octanol–water partition coefficient (Wildman–Crippen LogP) is 3.02. The van der Waals surface area contributed by atoms with Crippen molar-refractivity contribution < 1.29 is 0 Å². The van der Waals surface area contributed by atoms with Crippen LogP contribution in [-0.2, 0) is 13.0 Å². The molecule has 3 heteroatoms. The largest absolute Gasteiger partial charge is 0.313 e. The zero-order valence-electron chi connectivity index (χ0n) is 12.3. The molecule has 1 N–H and O–H groups in total. The number of nitrogens with zero attached hydrogens (tertiary/aromatic N) is 2. The second-order valence-electron chi connectivity index (χ2n) is 5.11. The molecule has 3 nitrogen and oxygen atoms in total. The fraction of sp³-hybridized carbons (Fsp3) is 0.438. The van der Waals surface area contributed by atoms with Crippen LogP contribution in [0.5, 0.6) is 0 Å². The Balaban J connectivity index is 2.22. The van der Waals surface area contributed by atoms with Crippen molar-refractivity contribution in [1.82, 2.24) is 15.1 Å². The minimum atomic E-state index is 0.342. The van der Waals surface area contributed by atoms with Gasteiger partial charge < -0.3 is 5.32 Å². The molecule has 2 aromatic rings. The molecule has 1 aromatic heterocycles. The van der Waals surface area contributed by atoms with Crippen LogP contribution in [-0.4, -0.2) is 16.8 Å². The number of aryl methyl sites for hydroxylation is 3. The Labute approximate surface area is 115 Å². The summed E-state index contributed by atoms with van der Waals surface area (Å²) in [6, 6.07) is 6.99. The summed E-state index contributed by atoms with van der Waals surface area (Å²) in [5, 5.41) is 7.77. The Morgan fingerprint density at radius 3 is 2.74 bits per heavy atom. The summed E-state index contributed by atoms with van der Waals surface area (Å²) < 4.78 is 1.98. The normalized spacial score (nSPS) is 12.6. The van der Waals surface area contributed by atoms with Gasteiger partial charge >= 0.3 is 0 Å². The molecule has 1 unspecified atom stereocenters. The van der Waals surface area contributed by atoms with E-state index in [-0.39, 0.29) is 0 Å². The molecule has 0 saturated heterocycles. The molecule has 0 radical (unpaired) electrons. The summed E-state index contributed by atoms with van der Waals surface area (Å²) in [6.07, 6.45) is 5.08. The van der Waals surface area contributed by atoms with Gasteiger partial charge in [-0.15, -0.1) is 0 Å². The molecule has 0 bridgehead atoms. The summed E-state index contributed by atoms with van der Waals surface area (Å²) in [5.41, 5.74) is 5.31. The topological polar surface area (TPSA) is 29.9 Å². The lowest BCUT2D eigenvalue weighted by Crippen LogP contribution is -2.19. The molecular weight excluding hydrogens is 234 g/mol. The third-order valence-corrected chi connectivity index (χ3v) is 3.61. The number of likely N-dealkylation sites (N-methyl/N-ethyl adjacent to an activating group) is 1. The molecule has 0 spiro atoms. The SMILES string of the molecule is CCn1cc(CC(NC)c2cc(C)ccc2C)cn1. The van der Waals surface area contributed by atoms with Crippen molar-refractivity contribution in [2.75, 3.05) is 7.05 Å². The molecule has 0 aliphatic carbocycles. The van der Waals surface area contributed by atoms with Crippen LogP contribution in [0.2, 0.25) is 0 Å². The van der Waals surface area contributed by atoms with Crippen LogP contribution in [0.4, 0.5) is 0 Å². The summed E-state index contributed by atoms with van der Waals surface area (Å²) in [7, 11) is 2.02. The lowest BCUT2D eigenvalue weighted by molar-refractivity contribution is 0.587. The van der Waals surface area contributed by atoms with Crippen molar-refractivity contribution in [3.05, 3.63) is 52.8 Å². The average Bonchev–Trinajstić information content (AvgIpc) is 2.87. The van der Waals surface area contributed by atoms with Crippen LogP contribution in [0.15, 0.2) is 30.6 Å². The van der Waals surface area contributed by atoms with Crippen molar-refractivity contribution >= 4 is 0 Å². The minimum Gasteiger partial charge on any atom is -0.313 e. The fourth-order valence-corrected chi connectivity index (χ4v) is 2.42. The molecule has 0 amide bonds. The van der Waals surface area contributed by atoms with E-state index in [1.165, 1.54) is 22.3 Å². The van der Waals surface area contributed by atoms with E-state index in [1.54, 1.807) is 0 Å². The third kappa shape index (κ3) is 3.24. The highest BCUT2D eigenvalue weighted by atomic mass is 15.3. The Bertz CT molecular complexity index is 543.